The van der Waals surface area contributed by atoms with Crippen LogP contribution in [0.5, 0.6) is 0 Å². The summed E-state index contributed by atoms with van der Waals surface area (Å²) in [6.07, 6.45) is 5.66. The maximum Gasteiger partial charge on any atom is 0.266 e. The number of halogens is 2. The van der Waals surface area contributed by atoms with Crippen molar-refractivity contribution in [2.45, 2.75) is 48.7 Å². The molecule has 0 radical (unpaired) electrons. The molecule has 30 heavy (non-hydrogen) atoms. The van der Waals surface area contributed by atoms with Crippen LogP contribution < -0.4 is 10.0 Å². The van der Waals surface area contributed by atoms with Gasteiger partial charge in [-0.05, 0) is 32.0 Å². The quantitative estimate of drug-likeness (QED) is 0.635. The van der Waals surface area contributed by atoms with Crippen molar-refractivity contribution >= 4 is 43.8 Å². The molecule has 4 rings (SSSR count). The highest BCUT2D eigenvalue weighted by Crippen LogP contribution is 2.33. The number of nitrogens with one attached hydrogen (secondary N) is 2. The third-order valence-electron chi connectivity index (χ3n) is 5.76. The van der Waals surface area contributed by atoms with Gasteiger partial charge in [0.1, 0.15) is 10.7 Å². The summed E-state index contributed by atoms with van der Waals surface area (Å²) in [4.78, 5) is 5.70. The lowest BCUT2D eigenvalue weighted by atomic mass is 9.88. The van der Waals surface area contributed by atoms with E-state index in [0.29, 0.717) is 11.7 Å². The fourth-order valence-corrected chi connectivity index (χ4v) is 6.14. The lowest BCUT2D eigenvalue weighted by Crippen LogP contribution is -2.57. The maximum atomic E-state index is 14.8. The monoisotopic (exact) mass is 474 g/mol. The van der Waals surface area contributed by atoms with Gasteiger partial charge >= 0.3 is 0 Å². The van der Waals surface area contributed by atoms with Crippen molar-refractivity contribution in [2.75, 3.05) is 30.3 Å². The minimum Gasteiger partial charge on any atom is -0.379 e. The van der Waals surface area contributed by atoms with Crippen LogP contribution >= 0.6 is 22.9 Å². The predicted molar refractivity (Wildman–Crippen MR) is 116 cm³/mol. The van der Waals surface area contributed by atoms with E-state index in [4.69, 9.17) is 16.3 Å². The largest absolute Gasteiger partial charge is 0.379 e. The molecule has 1 aromatic carbocycles. The number of benzene rings is 1. The smallest absolute Gasteiger partial charge is 0.266 e. The van der Waals surface area contributed by atoms with Crippen molar-refractivity contribution in [3.8, 4) is 0 Å². The lowest BCUT2D eigenvalue weighted by Gasteiger charge is -2.45. The molecule has 2 N–H and O–H groups in total. The fraction of sp³-hybridized carbons (Fsp3) is 0.526. The molecule has 2 atom stereocenters. The van der Waals surface area contributed by atoms with Gasteiger partial charge in [0.25, 0.3) is 10.0 Å². The molecule has 0 spiro atoms. The van der Waals surface area contributed by atoms with Crippen LogP contribution in [0.15, 0.2) is 28.6 Å². The van der Waals surface area contributed by atoms with Gasteiger partial charge < -0.3 is 10.1 Å². The third kappa shape index (κ3) is 4.57. The predicted octanol–water partition coefficient (Wildman–Crippen LogP) is 3.79. The second kappa shape index (κ2) is 8.96. The molecule has 1 aliphatic carbocycles. The Morgan fingerprint density at radius 1 is 1.30 bits per heavy atom. The zero-order valence-corrected chi connectivity index (χ0v) is 18.9. The topological polar surface area (TPSA) is 83.6 Å². The lowest BCUT2D eigenvalue weighted by molar-refractivity contribution is -0.0748. The van der Waals surface area contributed by atoms with E-state index in [1.165, 1.54) is 6.20 Å². The molecule has 0 bridgehead atoms. The molecule has 2 aromatic rings. The highest BCUT2D eigenvalue weighted by Gasteiger charge is 2.35. The summed E-state index contributed by atoms with van der Waals surface area (Å²) < 4.78 is 47.5. The van der Waals surface area contributed by atoms with Gasteiger partial charge in [-0.2, -0.15) is 0 Å². The zero-order chi connectivity index (χ0) is 21.3. The zero-order valence-electron chi connectivity index (χ0n) is 16.5. The van der Waals surface area contributed by atoms with Crippen molar-refractivity contribution in [1.82, 2.24) is 9.88 Å². The Morgan fingerprint density at radius 2 is 2.07 bits per heavy atom. The van der Waals surface area contributed by atoms with Crippen LogP contribution in [0.25, 0.3) is 0 Å². The van der Waals surface area contributed by atoms with Gasteiger partial charge in [-0.3, -0.25) is 9.62 Å². The Kier molecular flexibility index (Phi) is 6.50. The molecule has 7 nitrogen and oxygen atoms in total. The van der Waals surface area contributed by atoms with Gasteiger partial charge in [-0.15, -0.1) is 11.3 Å². The van der Waals surface area contributed by atoms with Crippen molar-refractivity contribution in [3.63, 3.8) is 0 Å². The van der Waals surface area contributed by atoms with Crippen LogP contribution in [0.4, 0.5) is 15.2 Å². The number of hydrogen-bond donors (Lipinski definition) is 2. The number of ether oxygens (including phenoxy) is 1. The van der Waals surface area contributed by atoms with Gasteiger partial charge in [-0.25, -0.2) is 17.8 Å². The van der Waals surface area contributed by atoms with Crippen molar-refractivity contribution < 1.29 is 17.5 Å². The maximum absolute atomic E-state index is 14.8. The van der Waals surface area contributed by atoms with E-state index in [-0.39, 0.29) is 22.2 Å². The molecule has 0 amide bonds. The molecule has 1 saturated heterocycles. The number of thiazole rings is 1. The first-order valence-electron chi connectivity index (χ1n) is 9.83. The number of sulfonamides is 1. The highest BCUT2D eigenvalue weighted by atomic mass is 35.5. The summed E-state index contributed by atoms with van der Waals surface area (Å²) in [6.45, 7) is 1.46. The van der Waals surface area contributed by atoms with Gasteiger partial charge in [0.15, 0.2) is 5.13 Å². The van der Waals surface area contributed by atoms with Crippen molar-refractivity contribution in [3.05, 3.63) is 34.5 Å². The second-order valence-electron chi connectivity index (χ2n) is 7.66. The molecule has 0 unspecified atom stereocenters. The molecule has 2 fully saturated rings. The van der Waals surface area contributed by atoms with E-state index < -0.39 is 20.7 Å². The van der Waals surface area contributed by atoms with E-state index in [1.807, 2.05) is 0 Å². The minimum absolute atomic E-state index is 0.0946. The summed E-state index contributed by atoms with van der Waals surface area (Å²) >= 11 is 7.48. The van der Waals surface area contributed by atoms with Crippen LogP contribution in [-0.2, 0) is 14.8 Å². The van der Waals surface area contributed by atoms with E-state index in [2.05, 4.69) is 27.0 Å². The molecule has 1 saturated carbocycles. The number of nitrogens with zero attached hydrogens (tertiary/aromatic N) is 2. The first kappa shape index (κ1) is 21.8. The highest BCUT2D eigenvalue weighted by molar-refractivity contribution is 7.93. The van der Waals surface area contributed by atoms with Gasteiger partial charge in [0, 0.05) is 23.7 Å². The molecule has 2 aliphatic rings. The number of rotatable bonds is 7. The Bertz CT molecular complexity index is 986. The third-order valence-corrected chi connectivity index (χ3v) is 8.24. The number of anilines is 2. The number of likely N-dealkylation sites (N-methyl/N-ethyl adjacent to an activating group) is 1. The number of aromatic nitrogens is 1. The summed E-state index contributed by atoms with van der Waals surface area (Å²) in [5.74, 6) is -0.862. The van der Waals surface area contributed by atoms with E-state index in [9.17, 15) is 12.8 Å². The molecule has 11 heteroatoms. The fourth-order valence-electron chi connectivity index (χ4n) is 3.98. The van der Waals surface area contributed by atoms with E-state index in [1.54, 1.807) is 5.38 Å². The summed E-state index contributed by atoms with van der Waals surface area (Å²) in [7, 11) is -2.03. The average molecular weight is 475 g/mol. The van der Waals surface area contributed by atoms with Crippen LogP contribution in [0.1, 0.15) is 25.7 Å². The van der Waals surface area contributed by atoms with Gasteiger partial charge in [0.2, 0.25) is 0 Å². The molecular weight excluding hydrogens is 451 g/mol. The van der Waals surface area contributed by atoms with E-state index in [0.717, 1.165) is 62.4 Å². The van der Waals surface area contributed by atoms with Gasteiger partial charge in [-0.1, -0.05) is 24.4 Å². The van der Waals surface area contributed by atoms with Crippen molar-refractivity contribution in [2.24, 2.45) is 0 Å². The minimum atomic E-state index is -4.13. The first-order chi connectivity index (χ1) is 14.3. The van der Waals surface area contributed by atoms with Crippen molar-refractivity contribution in [1.29, 1.82) is 0 Å². The molecular formula is C19H24ClFN4O3S2. The van der Waals surface area contributed by atoms with Crippen LogP contribution in [0, 0.1) is 5.82 Å². The standard InChI is InChI=1S/C19H24ClFN4O3S2/c1-25(12-10-28-11-12)17-5-3-2-4-15(17)23-16-9-14(21)18(8-13(16)20)30(26,27)24-19-22-6-7-29-19/h6-9,12,15,17,23H,2-5,10-11H2,1H3,(H,22,24)/t15-,17-/m0/s1. The Hall–Kier alpha value is -1.46. The Morgan fingerprint density at radius 3 is 2.73 bits per heavy atom. The normalized spacial score (nSPS) is 22.7. The van der Waals surface area contributed by atoms with Gasteiger partial charge in [0.05, 0.1) is 30.0 Å². The summed E-state index contributed by atoms with van der Waals surface area (Å²) in [5.41, 5.74) is 0.400. The molecule has 2 heterocycles. The van der Waals surface area contributed by atoms with Crippen LogP contribution in [0.2, 0.25) is 5.02 Å². The average Bonchev–Trinajstić information content (AvgIpc) is 3.15. The Labute approximate surface area is 184 Å². The summed E-state index contributed by atoms with van der Waals surface area (Å²) in [6, 6.07) is 3.08. The first-order valence-corrected chi connectivity index (χ1v) is 12.6. The Balaban J connectivity index is 1.54. The van der Waals surface area contributed by atoms with E-state index >= 15 is 0 Å². The number of hydrogen-bond acceptors (Lipinski definition) is 7. The molecule has 164 valence electrons. The summed E-state index contributed by atoms with van der Waals surface area (Å²) in [5, 5.41) is 5.32. The SMILES string of the molecule is CN(C1COC1)[C@H]1CCCC[C@@H]1Nc1cc(F)c(S(=O)(=O)Nc2nccs2)cc1Cl. The molecule has 1 aliphatic heterocycles. The molecule has 1 aromatic heterocycles. The van der Waals surface area contributed by atoms with Crippen LogP contribution in [-0.4, -0.2) is 56.7 Å². The van der Waals surface area contributed by atoms with Crippen LogP contribution in [0.3, 0.4) is 0 Å². The second-order valence-corrected chi connectivity index (χ2v) is 10.6.